The Morgan fingerprint density at radius 3 is 2.32 bits per heavy atom. The summed E-state index contributed by atoms with van der Waals surface area (Å²) in [5.41, 5.74) is 2.02. The van der Waals surface area contributed by atoms with Crippen molar-refractivity contribution in [3.05, 3.63) is 98.5 Å². The number of esters is 1. The summed E-state index contributed by atoms with van der Waals surface area (Å²) in [4.78, 5) is 40.7. The summed E-state index contributed by atoms with van der Waals surface area (Å²) in [6.45, 7) is 4.01. The van der Waals surface area contributed by atoms with E-state index in [1.807, 2.05) is 26.0 Å². The second-order valence-corrected chi connectivity index (χ2v) is 9.56. The van der Waals surface area contributed by atoms with Crippen LogP contribution in [0.2, 0.25) is 10.0 Å². The molecule has 3 aromatic rings. The summed E-state index contributed by atoms with van der Waals surface area (Å²) in [6, 6.07) is 15.4. The fourth-order valence-corrected chi connectivity index (χ4v) is 5.00. The van der Waals surface area contributed by atoms with Crippen molar-refractivity contribution in [3.63, 3.8) is 0 Å². The van der Waals surface area contributed by atoms with Crippen molar-refractivity contribution in [1.29, 1.82) is 0 Å². The Morgan fingerprint density at radius 1 is 1.00 bits per heavy atom. The normalized spacial score (nSPS) is 16.6. The van der Waals surface area contributed by atoms with Crippen LogP contribution in [0.15, 0.2) is 66.2 Å². The van der Waals surface area contributed by atoms with E-state index in [9.17, 15) is 19.5 Å². The number of halogens is 2. The molecular formula is C29H25Cl2NO6. The monoisotopic (exact) mass is 553 g/mol. The number of nitrogens with zero attached hydrogens (tertiary/aromatic N) is 1. The number of aryl methyl sites for hydroxylation is 1. The predicted molar refractivity (Wildman–Crippen MR) is 146 cm³/mol. The van der Waals surface area contributed by atoms with Crippen LogP contribution in [0.1, 0.15) is 46.4 Å². The molecule has 0 spiro atoms. The number of hydrogen-bond acceptors (Lipinski definition) is 6. The molecule has 9 heteroatoms. The second-order valence-electron chi connectivity index (χ2n) is 8.74. The topological polar surface area (TPSA) is 93.1 Å². The summed E-state index contributed by atoms with van der Waals surface area (Å²) in [5.74, 6) is -2.52. The van der Waals surface area contributed by atoms with Gasteiger partial charge in [-0.2, -0.15) is 0 Å². The number of carbonyl (C=O) groups excluding carboxylic acids is 3. The third-order valence-electron chi connectivity index (χ3n) is 6.08. The van der Waals surface area contributed by atoms with E-state index in [2.05, 4.69) is 0 Å². The van der Waals surface area contributed by atoms with Crippen LogP contribution in [0.4, 0.5) is 5.69 Å². The van der Waals surface area contributed by atoms with Gasteiger partial charge in [0.25, 0.3) is 11.7 Å². The summed E-state index contributed by atoms with van der Waals surface area (Å²) in [5, 5.41) is 11.6. The standard InChI is InChI=1S/C29H25Cl2NO6/c1-4-11-38-29(36)18-9-6-10-20(13-18)32-24(17-8-5-7-16(2)12-17)23(26(34)28(32)35)25(33)19-14-21(30)27(37-3)22(31)15-19/h5-10,12-15,24,33H,4,11H2,1-3H3/b25-23+. The quantitative estimate of drug-likeness (QED) is 0.155. The Bertz CT molecular complexity index is 1440. The lowest BCUT2D eigenvalue weighted by Crippen LogP contribution is -2.29. The number of methoxy groups -OCH3 is 1. The van der Waals surface area contributed by atoms with E-state index < -0.39 is 29.5 Å². The van der Waals surface area contributed by atoms with Crippen LogP contribution in [-0.4, -0.2) is 36.5 Å². The lowest BCUT2D eigenvalue weighted by atomic mass is 9.94. The lowest BCUT2D eigenvalue weighted by molar-refractivity contribution is -0.132. The number of hydrogen-bond donors (Lipinski definition) is 1. The number of ether oxygens (including phenoxy) is 2. The Labute approximate surface area is 230 Å². The van der Waals surface area contributed by atoms with Gasteiger partial charge in [-0.05, 0) is 49.2 Å². The molecule has 3 aromatic carbocycles. The minimum Gasteiger partial charge on any atom is -0.507 e. The molecule has 7 nitrogen and oxygen atoms in total. The van der Waals surface area contributed by atoms with Crippen LogP contribution < -0.4 is 9.64 Å². The number of Topliss-reactive ketones (excluding diaryl/α,β-unsaturated/α-hetero) is 1. The molecule has 1 aliphatic heterocycles. The SMILES string of the molecule is CCCOC(=O)c1cccc(N2C(=O)C(=O)/C(=C(/O)c3cc(Cl)c(OC)c(Cl)c3)C2c2cccc(C)c2)c1. The third kappa shape index (κ3) is 5.12. The summed E-state index contributed by atoms with van der Waals surface area (Å²) < 4.78 is 10.4. The Morgan fingerprint density at radius 2 is 1.68 bits per heavy atom. The van der Waals surface area contributed by atoms with Crippen LogP contribution in [0.5, 0.6) is 5.75 Å². The van der Waals surface area contributed by atoms with Gasteiger partial charge in [0.15, 0.2) is 5.75 Å². The zero-order chi connectivity index (χ0) is 27.6. The number of ketones is 1. The first kappa shape index (κ1) is 27.2. The summed E-state index contributed by atoms with van der Waals surface area (Å²) >= 11 is 12.6. The highest BCUT2D eigenvalue weighted by Gasteiger charge is 2.47. The highest BCUT2D eigenvalue weighted by molar-refractivity contribution is 6.52. The number of aliphatic hydroxyl groups excluding tert-OH is 1. The summed E-state index contributed by atoms with van der Waals surface area (Å²) in [7, 11) is 1.40. The van der Waals surface area contributed by atoms with E-state index in [1.54, 1.807) is 30.3 Å². The van der Waals surface area contributed by atoms with Crippen LogP contribution in [0, 0.1) is 6.92 Å². The van der Waals surface area contributed by atoms with E-state index in [0.29, 0.717) is 17.7 Å². The average Bonchev–Trinajstić information content (AvgIpc) is 3.16. The zero-order valence-electron chi connectivity index (χ0n) is 21.0. The molecule has 0 bridgehead atoms. The Balaban J connectivity index is 1.91. The van der Waals surface area contributed by atoms with Crippen molar-refractivity contribution in [2.24, 2.45) is 0 Å². The van der Waals surface area contributed by atoms with Gasteiger partial charge in [-0.15, -0.1) is 0 Å². The molecule has 1 atom stereocenters. The molecule has 0 saturated carbocycles. The van der Waals surface area contributed by atoms with Gasteiger partial charge < -0.3 is 14.6 Å². The van der Waals surface area contributed by atoms with Crippen LogP contribution in [-0.2, 0) is 14.3 Å². The Hall–Kier alpha value is -3.81. The van der Waals surface area contributed by atoms with Gasteiger partial charge in [-0.3, -0.25) is 14.5 Å². The van der Waals surface area contributed by atoms with Gasteiger partial charge in [0.1, 0.15) is 5.76 Å². The molecule has 1 heterocycles. The molecule has 1 aliphatic rings. The van der Waals surface area contributed by atoms with Crippen molar-refractivity contribution in [2.45, 2.75) is 26.3 Å². The average molecular weight is 554 g/mol. The number of rotatable bonds is 7. The molecule has 1 amide bonds. The molecule has 196 valence electrons. The first-order valence-electron chi connectivity index (χ1n) is 11.9. The minimum atomic E-state index is -0.989. The van der Waals surface area contributed by atoms with Crippen molar-refractivity contribution < 1.29 is 29.0 Å². The molecule has 0 aliphatic carbocycles. The molecule has 4 rings (SSSR count). The first-order chi connectivity index (χ1) is 18.2. The number of aliphatic hydroxyl groups is 1. The molecule has 1 unspecified atom stereocenters. The predicted octanol–water partition coefficient (Wildman–Crippen LogP) is 6.50. The number of anilines is 1. The molecule has 1 N–H and O–H groups in total. The van der Waals surface area contributed by atoms with E-state index in [-0.39, 0.29) is 39.1 Å². The van der Waals surface area contributed by atoms with Crippen molar-refractivity contribution in [1.82, 2.24) is 0 Å². The van der Waals surface area contributed by atoms with Gasteiger partial charge in [-0.1, -0.05) is 66.0 Å². The Kier molecular flexibility index (Phi) is 8.09. The van der Waals surface area contributed by atoms with Crippen LogP contribution >= 0.6 is 23.2 Å². The highest BCUT2D eigenvalue weighted by atomic mass is 35.5. The maximum absolute atomic E-state index is 13.5. The van der Waals surface area contributed by atoms with Gasteiger partial charge in [0, 0.05) is 11.3 Å². The van der Waals surface area contributed by atoms with Crippen molar-refractivity contribution in [2.75, 3.05) is 18.6 Å². The smallest absolute Gasteiger partial charge is 0.338 e. The minimum absolute atomic E-state index is 0.126. The van der Waals surface area contributed by atoms with Gasteiger partial charge in [0.2, 0.25) is 0 Å². The maximum atomic E-state index is 13.5. The number of amides is 1. The maximum Gasteiger partial charge on any atom is 0.338 e. The van der Waals surface area contributed by atoms with Gasteiger partial charge in [0.05, 0.1) is 40.9 Å². The fourth-order valence-electron chi connectivity index (χ4n) is 4.36. The van der Waals surface area contributed by atoms with E-state index >= 15 is 0 Å². The molecule has 1 fully saturated rings. The van der Waals surface area contributed by atoms with Crippen LogP contribution in [0.25, 0.3) is 5.76 Å². The molecule has 38 heavy (non-hydrogen) atoms. The molecular weight excluding hydrogens is 529 g/mol. The first-order valence-corrected chi connectivity index (χ1v) is 12.6. The van der Waals surface area contributed by atoms with E-state index in [4.69, 9.17) is 32.7 Å². The van der Waals surface area contributed by atoms with Gasteiger partial charge in [-0.25, -0.2) is 4.79 Å². The largest absolute Gasteiger partial charge is 0.507 e. The van der Waals surface area contributed by atoms with Crippen molar-refractivity contribution >= 4 is 52.3 Å². The van der Waals surface area contributed by atoms with E-state index in [1.165, 1.54) is 30.2 Å². The van der Waals surface area contributed by atoms with Gasteiger partial charge >= 0.3 is 5.97 Å². The molecule has 0 radical (unpaired) electrons. The van der Waals surface area contributed by atoms with Crippen LogP contribution in [0.3, 0.4) is 0 Å². The third-order valence-corrected chi connectivity index (χ3v) is 6.64. The second kappa shape index (κ2) is 11.3. The zero-order valence-corrected chi connectivity index (χ0v) is 22.5. The van der Waals surface area contributed by atoms with E-state index in [0.717, 1.165) is 5.56 Å². The fraction of sp³-hybridized carbons (Fsp3) is 0.207. The molecule has 0 aromatic heterocycles. The highest BCUT2D eigenvalue weighted by Crippen LogP contribution is 2.44. The lowest BCUT2D eigenvalue weighted by Gasteiger charge is -2.26. The number of carbonyl (C=O) groups is 3. The molecule has 1 saturated heterocycles. The van der Waals surface area contributed by atoms with Crippen molar-refractivity contribution in [3.8, 4) is 5.75 Å². The summed E-state index contributed by atoms with van der Waals surface area (Å²) in [6.07, 6.45) is 0.660. The number of benzene rings is 3.